The lowest BCUT2D eigenvalue weighted by Gasteiger charge is -2.27. The average Bonchev–Trinajstić information content (AvgIpc) is 2.30. The van der Waals surface area contributed by atoms with E-state index in [4.69, 9.17) is 0 Å². The van der Waals surface area contributed by atoms with Crippen molar-refractivity contribution in [3.8, 4) is 0 Å². The topological polar surface area (TPSA) is 24.1 Å². The van der Waals surface area contributed by atoms with Gasteiger partial charge in [-0.2, -0.15) is 0 Å². The maximum absolute atomic E-state index is 13.4. The normalized spacial score (nSPS) is 25.6. The quantitative estimate of drug-likeness (QED) is 0.818. The van der Waals surface area contributed by atoms with Gasteiger partial charge in [-0.25, -0.2) is 8.78 Å². The highest BCUT2D eigenvalue weighted by atomic mass is 19.1. The van der Waals surface area contributed by atoms with E-state index in [1.165, 1.54) is 12.1 Å². The third-order valence-electron chi connectivity index (χ3n) is 2.89. The Labute approximate surface area is 94.0 Å². The number of rotatable bonds is 3. The molecule has 0 amide bonds. The van der Waals surface area contributed by atoms with Crippen LogP contribution in [0.15, 0.2) is 24.3 Å². The van der Waals surface area contributed by atoms with Gasteiger partial charge < -0.3 is 10.6 Å². The molecule has 1 saturated heterocycles. The molecule has 1 heterocycles. The second kappa shape index (κ2) is 5.37. The van der Waals surface area contributed by atoms with E-state index in [-0.39, 0.29) is 11.9 Å². The molecule has 0 radical (unpaired) electrons. The smallest absolute Gasteiger partial charge is 0.128 e. The van der Waals surface area contributed by atoms with Gasteiger partial charge in [-0.05, 0) is 30.7 Å². The summed E-state index contributed by atoms with van der Waals surface area (Å²) in [5.41, 5.74) is 0.979. The molecule has 1 aliphatic rings. The number of halogens is 2. The lowest BCUT2D eigenvalue weighted by molar-refractivity contribution is 0.202. The van der Waals surface area contributed by atoms with Gasteiger partial charge in [-0.1, -0.05) is 12.1 Å². The average molecular weight is 226 g/mol. The Balaban J connectivity index is 1.84. The molecule has 1 aliphatic heterocycles. The number of hydrogen-bond donors (Lipinski definition) is 2. The van der Waals surface area contributed by atoms with Crippen molar-refractivity contribution < 1.29 is 8.78 Å². The number of benzene rings is 1. The number of nitrogens with one attached hydrogen (secondary N) is 2. The molecule has 0 aliphatic carbocycles. The van der Waals surface area contributed by atoms with Crippen LogP contribution in [-0.2, 0) is 6.54 Å². The second-order valence-electron chi connectivity index (χ2n) is 4.12. The Morgan fingerprint density at radius 3 is 2.75 bits per heavy atom. The summed E-state index contributed by atoms with van der Waals surface area (Å²) in [6.07, 6.45) is -0.0447. The van der Waals surface area contributed by atoms with Crippen molar-refractivity contribution in [2.24, 2.45) is 0 Å². The van der Waals surface area contributed by atoms with Gasteiger partial charge in [0.15, 0.2) is 0 Å². The molecule has 0 bridgehead atoms. The monoisotopic (exact) mass is 226 g/mol. The van der Waals surface area contributed by atoms with Gasteiger partial charge in [0.2, 0.25) is 0 Å². The molecular weight excluding hydrogens is 210 g/mol. The van der Waals surface area contributed by atoms with E-state index in [1.54, 1.807) is 12.1 Å². The number of hydrogen-bond acceptors (Lipinski definition) is 2. The van der Waals surface area contributed by atoms with Crippen molar-refractivity contribution in [1.82, 2.24) is 10.6 Å². The lowest BCUT2D eigenvalue weighted by Crippen LogP contribution is -2.48. The highest BCUT2D eigenvalue weighted by Crippen LogP contribution is 2.09. The zero-order chi connectivity index (χ0) is 11.4. The van der Waals surface area contributed by atoms with Crippen LogP contribution in [0.25, 0.3) is 0 Å². The maximum atomic E-state index is 13.4. The minimum atomic E-state index is -0.839. The molecule has 0 spiro atoms. The SMILES string of the molecule is Fc1ccc(CN[C@H]2CCNC[C@H]2F)cc1. The van der Waals surface area contributed by atoms with Crippen LogP contribution < -0.4 is 10.6 Å². The van der Waals surface area contributed by atoms with Crippen LogP contribution in [0.1, 0.15) is 12.0 Å². The molecular formula is C12H16F2N2. The van der Waals surface area contributed by atoms with Crippen LogP contribution in [0.2, 0.25) is 0 Å². The van der Waals surface area contributed by atoms with Gasteiger partial charge in [0, 0.05) is 19.1 Å². The van der Waals surface area contributed by atoms with Gasteiger partial charge in [-0.15, -0.1) is 0 Å². The largest absolute Gasteiger partial charge is 0.314 e. The first-order chi connectivity index (χ1) is 7.75. The molecule has 0 aromatic heterocycles. The fourth-order valence-electron chi connectivity index (χ4n) is 1.90. The van der Waals surface area contributed by atoms with Crippen molar-refractivity contribution in [3.05, 3.63) is 35.6 Å². The Hall–Kier alpha value is -1.00. The molecule has 2 nitrogen and oxygen atoms in total. The third-order valence-corrected chi connectivity index (χ3v) is 2.89. The summed E-state index contributed by atoms with van der Waals surface area (Å²) in [6.45, 7) is 1.86. The minimum absolute atomic E-state index is 0.0914. The predicted molar refractivity (Wildman–Crippen MR) is 59.4 cm³/mol. The number of piperidine rings is 1. The molecule has 0 saturated carbocycles. The summed E-state index contributed by atoms with van der Waals surface area (Å²) in [5, 5.41) is 6.18. The molecule has 2 atom stereocenters. The first-order valence-corrected chi connectivity index (χ1v) is 5.58. The van der Waals surface area contributed by atoms with E-state index < -0.39 is 6.17 Å². The van der Waals surface area contributed by atoms with Crippen molar-refractivity contribution in [3.63, 3.8) is 0 Å². The highest BCUT2D eigenvalue weighted by Gasteiger charge is 2.23. The maximum Gasteiger partial charge on any atom is 0.128 e. The highest BCUT2D eigenvalue weighted by molar-refractivity contribution is 5.15. The van der Waals surface area contributed by atoms with Crippen molar-refractivity contribution in [2.75, 3.05) is 13.1 Å². The molecule has 1 aromatic carbocycles. The van der Waals surface area contributed by atoms with Crippen LogP contribution in [0.3, 0.4) is 0 Å². The molecule has 1 fully saturated rings. The fraction of sp³-hybridized carbons (Fsp3) is 0.500. The van der Waals surface area contributed by atoms with Crippen molar-refractivity contribution >= 4 is 0 Å². The summed E-state index contributed by atoms with van der Waals surface area (Å²) in [7, 11) is 0. The molecule has 2 rings (SSSR count). The molecule has 0 unspecified atom stereocenters. The Morgan fingerprint density at radius 1 is 1.31 bits per heavy atom. The fourth-order valence-corrected chi connectivity index (χ4v) is 1.90. The lowest BCUT2D eigenvalue weighted by atomic mass is 10.0. The van der Waals surface area contributed by atoms with Crippen LogP contribution in [-0.4, -0.2) is 25.3 Å². The zero-order valence-electron chi connectivity index (χ0n) is 9.05. The van der Waals surface area contributed by atoms with Crippen molar-refractivity contribution in [2.45, 2.75) is 25.2 Å². The van der Waals surface area contributed by atoms with Crippen LogP contribution in [0.4, 0.5) is 8.78 Å². The first-order valence-electron chi connectivity index (χ1n) is 5.58. The Bertz CT molecular complexity index is 326. The first kappa shape index (κ1) is 11.5. The summed E-state index contributed by atoms with van der Waals surface area (Å²) in [6, 6.07) is 6.19. The van der Waals surface area contributed by atoms with E-state index in [9.17, 15) is 8.78 Å². The van der Waals surface area contributed by atoms with Crippen LogP contribution in [0.5, 0.6) is 0 Å². The van der Waals surface area contributed by atoms with E-state index in [2.05, 4.69) is 10.6 Å². The Morgan fingerprint density at radius 2 is 2.06 bits per heavy atom. The third kappa shape index (κ3) is 3.00. The molecule has 4 heteroatoms. The molecule has 88 valence electrons. The summed E-state index contributed by atoms with van der Waals surface area (Å²) in [4.78, 5) is 0. The van der Waals surface area contributed by atoms with E-state index in [1.807, 2.05) is 0 Å². The van der Waals surface area contributed by atoms with Gasteiger partial charge in [0.25, 0.3) is 0 Å². The second-order valence-corrected chi connectivity index (χ2v) is 4.12. The van der Waals surface area contributed by atoms with Crippen LogP contribution in [0, 0.1) is 5.82 Å². The van der Waals surface area contributed by atoms with Gasteiger partial charge in [0.1, 0.15) is 12.0 Å². The van der Waals surface area contributed by atoms with E-state index >= 15 is 0 Å². The molecule has 1 aromatic rings. The Kier molecular flexibility index (Phi) is 3.85. The molecule has 16 heavy (non-hydrogen) atoms. The summed E-state index contributed by atoms with van der Waals surface area (Å²) >= 11 is 0. The minimum Gasteiger partial charge on any atom is -0.314 e. The number of alkyl halides is 1. The summed E-state index contributed by atoms with van der Waals surface area (Å²) < 4.78 is 26.1. The van der Waals surface area contributed by atoms with E-state index in [0.29, 0.717) is 13.1 Å². The summed E-state index contributed by atoms with van der Waals surface area (Å²) in [5.74, 6) is -0.242. The van der Waals surface area contributed by atoms with E-state index in [0.717, 1.165) is 18.5 Å². The van der Waals surface area contributed by atoms with Crippen molar-refractivity contribution in [1.29, 1.82) is 0 Å². The molecule has 2 N–H and O–H groups in total. The zero-order valence-corrected chi connectivity index (χ0v) is 9.05. The predicted octanol–water partition coefficient (Wildman–Crippen LogP) is 1.62. The van der Waals surface area contributed by atoms with Crippen LogP contribution >= 0.6 is 0 Å². The van der Waals surface area contributed by atoms with Gasteiger partial charge >= 0.3 is 0 Å². The van der Waals surface area contributed by atoms with Gasteiger partial charge in [0.05, 0.1) is 0 Å². The van der Waals surface area contributed by atoms with Gasteiger partial charge in [-0.3, -0.25) is 0 Å². The standard InChI is InChI=1S/C12H16F2N2/c13-10-3-1-9(2-4-10)7-16-12-5-6-15-8-11(12)14/h1-4,11-12,15-16H,5-8H2/t11-,12+/m1/s1.